The van der Waals surface area contributed by atoms with Crippen LogP contribution in [0.25, 0.3) is 0 Å². The quantitative estimate of drug-likeness (QED) is 0.447. The fourth-order valence-corrected chi connectivity index (χ4v) is 1.51. The minimum atomic E-state index is -0.603. The topological polar surface area (TPSA) is 46.6 Å². The summed E-state index contributed by atoms with van der Waals surface area (Å²) in [5.41, 5.74) is 0.491. The summed E-state index contributed by atoms with van der Waals surface area (Å²) >= 11 is 0. The summed E-state index contributed by atoms with van der Waals surface area (Å²) in [6.45, 7) is 9.33. The summed E-state index contributed by atoms with van der Waals surface area (Å²) in [7, 11) is 0. The van der Waals surface area contributed by atoms with E-state index >= 15 is 0 Å². The Morgan fingerprint density at radius 3 is 2.47 bits per heavy atom. The zero-order valence-corrected chi connectivity index (χ0v) is 11.0. The second-order valence-electron chi connectivity index (χ2n) is 3.74. The molecule has 19 heavy (non-hydrogen) atoms. The summed E-state index contributed by atoms with van der Waals surface area (Å²) in [6, 6.07) is 8.68. The summed E-state index contributed by atoms with van der Waals surface area (Å²) in [5.74, 6) is -0.910. The Bertz CT molecular complexity index is 479. The Balaban J connectivity index is 2.94. The maximum absolute atomic E-state index is 12.3. The van der Waals surface area contributed by atoms with Gasteiger partial charge < -0.3 is 4.74 Å². The van der Waals surface area contributed by atoms with E-state index in [0.717, 1.165) is 0 Å². The molecule has 0 aromatic heterocycles. The third kappa shape index (κ3) is 3.81. The number of amides is 1. The molecule has 4 heteroatoms. The number of carbonyl (C=O) groups excluding carboxylic acids is 2. The largest absolute Gasteiger partial charge is 0.461 e. The molecular formula is C15H17NO3. The van der Waals surface area contributed by atoms with Crippen molar-refractivity contribution in [2.24, 2.45) is 0 Å². The van der Waals surface area contributed by atoms with Gasteiger partial charge in [0.25, 0.3) is 5.91 Å². The van der Waals surface area contributed by atoms with E-state index in [1.165, 1.54) is 11.0 Å². The second kappa shape index (κ2) is 7.16. The van der Waals surface area contributed by atoms with Gasteiger partial charge in [0.05, 0.1) is 6.61 Å². The van der Waals surface area contributed by atoms with E-state index in [0.29, 0.717) is 5.56 Å². The van der Waals surface area contributed by atoms with Gasteiger partial charge in [-0.15, -0.1) is 6.58 Å². The van der Waals surface area contributed by atoms with Gasteiger partial charge in [-0.2, -0.15) is 0 Å². The molecule has 0 aliphatic heterocycles. The van der Waals surface area contributed by atoms with Crippen LogP contribution < -0.4 is 0 Å². The molecule has 0 fully saturated rings. The number of rotatable bonds is 6. The van der Waals surface area contributed by atoms with E-state index in [1.54, 1.807) is 31.2 Å². The Labute approximate surface area is 113 Å². The number of nitrogens with zero attached hydrogens (tertiary/aromatic N) is 1. The highest BCUT2D eigenvalue weighted by Crippen LogP contribution is 2.11. The standard InChI is InChI=1S/C15H17NO3/c1-4-11-16(12(3)15(18)19-5-2)14(17)13-9-7-6-8-10-13/h4,6-10H,1,3,5,11H2,2H3. The van der Waals surface area contributed by atoms with Crippen LogP contribution in [0.4, 0.5) is 0 Å². The van der Waals surface area contributed by atoms with Crippen molar-refractivity contribution in [2.45, 2.75) is 6.92 Å². The third-order valence-electron chi connectivity index (χ3n) is 2.41. The van der Waals surface area contributed by atoms with Gasteiger partial charge >= 0.3 is 5.97 Å². The highest BCUT2D eigenvalue weighted by Gasteiger charge is 2.22. The molecule has 0 bridgehead atoms. The van der Waals surface area contributed by atoms with Crippen molar-refractivity contribution in [3.8, 4) is 0 Å². The van der Waals surface area contributed by atoms with Crippen molar-refractivity contribution in [1.29, 1.82) is 0 Å². The number of carbonyl (C=O) groups is 2. The van der Waals surface area contributed by atoms with E-state index in [2.05, 4.69) is 13.2 Å². The normalized spacial score (nSPS) is 9.53. The zero-order valence-electron chi connectivity index (χ0n) is 11.0. The number of hydrogen-bond acceptors (Lipinski definition) is 3. The Hall–Kier alpha value is -2.36. The van der Waals surface area contributed by atoms with E-state index in [9.17, 15) is 9.59 Å². The van der Waals surface area contributed by atoms with Gasteiger partial charge in [0, 0.05) is 12.1 Å². The summed E-state index contributed by atoms with van der Waals surface area (Å²) < 4.78 is 4.85. The highest BCUT2D eigenvalue weighted by molar-refractivity contribution is 6.00. The van der Waals surface area contributed by atoms with Crippen LogP contribution in [0.1, 0.15) is 17.3 Å². The van der Waals surface area contributed by atoms with Gasteiger partial charge in [-0.25, -0.2) is 4.79 Å². The summed E-state index contributed by atoms with van der Waals surface area (Å²) in [4.78, 5) is 25.2. The molecule has 1 rings (SSSR count). The second-order valence-corrected chi connectivity index (χ2v) is 3.74. The number of ether oxygens (including phenoxy) is 1. The van der Waals surface area contributed by atoms with Gasteiger partial charge in [-0.1, -0.05) is 30.9 Å². The molecule has 0 radical (unpaired) electrons. The molecular weight excluding hydrogens is 242 g/mol. The van der Waals surface area contributed by atoms with Gasteiger partial charge in [-0.05, 0) is 19.1 Å². The first-order valence-corrected chi connectivity index (χ1v) is 5.95. The lowest BCUT2D eigenvalue weighted by molar-refractivity contribution is -0.140. The van der Waals surface area contributed by atoms with Crippen LogP contribution in [0.15, 0.2) is 55.3 Å². The average Bonchev–Trinajstić information content (AvgIpc) is 2.44. The Morgan fingerprint density at radius 2 is 1.95 bits per heavy atom. The van der Waals surface area contributed by atoms with Crippen molar-refractivity contribution >= 4 is 11.9 Å². The van der Waals surface area contributed by atoms with E-state index in [1.807, 2.05) is 6.07 Å². The van der Waals surface area contributed by atoms with Crippen LogP contribution in [-0.2, 0) is 9.53 Å². The first-order valence-electron chi connectivity index (χ1n) is 5.95. The molecule has 1 aromatic rings. The lowest BCUT2D eigenvalue weighted by Crippen LogP contribution is -2.34. The van der Waals surface area contributed by atoms with Crippen molar-refractivity contribution in [1.82, 2.24) is 4.90 Å². The summed E-state index contributed by atoms with van der Waals surface area (Å²) in [6.07, 6.45) is 1.53. The van der Waals surface area contributed by atoms with Crippen molar-refractivity contribution < 1.29 is 14.3 Å². The molecule has 1 amide bonds. The fourth-order valence-electron chi connectivity index (χ4n) is 1.51. The number of hydrogen-bond donors (Lipinski definition) is 0. The first-order chi connectivity index (χ1) is 9.11. The Morgan fingerprint density at radius 1 is 1.32 bits per heavy atom. The van der Waals surface area contributed by atoms with Crippen molar-refractivity contribution in [2.75, 3.05) is 13.2 Å². The monoisotopic (exact) mass is 259 g/mol. The Kier molecular flexibility index (Phi) is 5.54. The highest BCUT2D eigenvalue weighted by atomic mass is 16.5. The van der Waals surface area contributed by atoms with Crippen LogP contribution in [0, 0.1) is 0 Å². The van der Waals surface area contributed by atoms with Gasteiger partial charge in [0.2, 0.25) is 0 Å². The molecule has 0 N–H and O–H groups in total. The molecule has 0 aliphatic carbocycles. The zero-order chi connectivity index (χ0) is 14.3. The molecule has 4 nitrogen and oxygen atoms in total. The first kappa shape index (κ1) is 14.7. The molecule has 0 saturated carbocycles. The molecule has 0 aliphatic rings. The third-order valence-corrected chi connectivity index (χ3v) is 2.41. The van der Waals surface area contributed by atoms with E-state index in [-0.39, 0.29) is 24.8 Å². The van der Waals surface area contributed by atoms with E-state index < -0.39 is 5.97 Å². The average molecular weight is 259 g/mol. The molecule has 0 unspecified atom stereocenters. The van der Waals surface area contributed by atoms with Crippen molar-refractivity contribution in [3.63, 3.8) is 0 Å². The molecule has 100 valence electrons. The minimum absolute atomic E-state index is 0.00982. The lowest BCUT2D eigenvalue weighted by Gasteiger charge is -2.22. The minimum Gasteiger partial charge on any atom is -0.461 e. The molecule has 0 spiro atoms. The molecule has 0 atom stereocenters. The smallest absolute Gasteiger partial charge is 0.354 e. The lowest BCUT2D eigenvalue weighted by atomic mass is 10.2. The van der Waals surface area contributed by atoms with Gasteiger partial charge in [0.15, 0.2) is 0 Å². The maximum atomic E-state index is 12.3. The van der Waals surface area contributed by atoms with Crippen LogP contribution in [0.3, 0.4) is 0 Å². The summed E-state index contributed by atoms with van der Waals surface area (Å²) in [5, 5.41) is 0. The number of benzene rings is 1. The molecule has 0 heterocycles. The fraction of sp³-hybridized carbons (Fsp3) is 0.200. The SMILES string of the molecule is C=CCN(C(=C)C(=O)OCC)C(=O)c1ccccc1. The number of esters is 1. The van der Waals surface area contributed by atoms with Crippen LogP contribution in [0.2, 0.25) is 0 Å². The maximum Gasteiger partial charge on any atom is 0.354 e. The van der Waals surface area contributed by atoms with Gasteiger partial charge in [-0.3, -0.25) is 9.69 Å². The molecule has 1 aromatic carbocycles. The van der Waals surface area contributed by atoms with Crippen molar-refractivity contribution in [3.05, 3.63) is 60.8 Å². The van der Waals surface area contributed by atoms with Crippen LogP contribution in [-0.4, -0.2) is 29.9 Å². The van der Waals surface area contributed by atoms with Gasteiger partial charge in [0.1, 0.15) is 5.70 Å². The van der Waals surface area contributed by atoms with Crippen LogP contribution in [0.5, 0.6) is 0 Å². The predicted octanol–water partition coefficient (Wildman–Crippen LogP) is 2.39. The van der Waals surface area contributed by atoms with E-state index in [4.69, 9.17) is 4.74 Å². The van der Waals surface area contributed by atoms with Crippen LogP contribution >= 0.6 is 0 Å². The molecule has 0 saturated heterocycles. The predicted molar refractivity (Wildman–Crippen MR) is 73.4 cm³/mol.